The molecule has 0 heterocycles. The Bertz CT molecular complexity index is 1940. The van der Waals surface area contributed by atoms with Crippen LogP contribution in [0.4, 0.5) is 45.5 Å². The number of rotatable bonds is 22. The van der Waals surface area contributed by atoms with Crippen LogP contribution in [0.1, 0.15) is 26.7 Å². The predicted octanol–water partition coefficient (Wildman–Crippen LogP) is 9.79. The number of hydrogen-bond acceptors (Lipinski definition) is 15. The number of likely N-dealkylation sites (N-methyl/N-ethyl adjacent to an activating group) is 2. The largest absolute Gasteiger partial charge is 0.464 e. The molecule has 0 fully saturated rings. The van der Waals surface area contributed by atoms with Crippen LogP contribution in [-0.2, 0) is 19.1 Å². The van der Waals surface area contributed by atoms with Crippen LogP contribution in [-0.4, -0.2) is 86.2 Å². The summed E-state index contributed by atoms with van der Waals surface area (Å²) >= 11 is 12.2. The van der Waals surface area contributed by atoms with Crippen molar-refractivity contribution in [3.63, 3.8) is 0 Å². The number of non-ortho nitro benzene ring substituents is 2. The van der Waals surface area contributed by atoms with E-state index >= 15 is 0 Å². The van der Waals surface area contributed by atoms with Crippen molar-refractivity contribution in [2.24, 2.45) is 20.5 Å². The first-order valence-corrected chi connectivity index (χ1v) is 19.0. The zero-order valence-electron chi connectivity index (χ0n) is 32.2. The fourth-order valence-corrected chi connectivity index (χ4v) is 5.79. The van der Waals surface area contributed by atoms with Crippen LogP contribution < -0.4 is 9.80 Å². The molecule has 306 valence electrons. The van der Waals surface area contributed by atoms with E-state index in [4.69, 9.17) is 32.7 Å². The second-order valence-corrected chi connectivity index (χ2v) is 13.4. The van der Waals surface area contributed by atoms with E-state index in [2.05, 4.69) is 20.5 Å². The third-order valence-corrected chi connectivity index (χ3v) is 9.27. The maximum absolute atomic E-state index is 12.4. The number of nitro benzene ring substituents is 2. The van der Waals surface area contributed by atoms with Crippen LogP contribution in [0.15, 0.2) is 105 Å². The number of anilines is 2. The lowest BCUT2D eigenvalue weighted by molar-refractivity contribution is -0.385. The van der Waals surface area contributed by atoms with Gasteiger partial charge in [-0.05, 0) is 81.6 Å². The standard InChI is InChI=1S/C39H43Cl2N9O8/c1-4-47(30-10-6-28(7-11-30)42-44-36-16-14-32(49(53)54)26-34(36)40)22-24-57-38(51)18-20-46(3)21-19-39(52)58-25-23-48(5-2)31-12-8-29(9-13-31)43-45-37-17-15-33(50(55)56)27-35(37)41/h6-17,26-27H,4-5,18-25H2,1-3H3/b44-42+,45-43+. The molecule has 0 aliphatic rings. The lowest BCUT2D eigenvalue weighted by Crippen LogP contribution is -2.30. The summed E-state index contributed by atoms with van der Waals surface area (Å²) in [6.45, 7) is 7.56. The quantitative estimate of drug-likeness (QED) is 0.0316. The van der Waals surface area contributed by atoms with Gasteiger partial charge in [0.15, 0.2) is 0 Å². The van der Waals surface area contributed by atoms with Gasteiger partial charge in [0.05, 0.1) is 57.2 Å². The number of hydrogen-bond donors (Lipinski definition) is 0. The molecule has 0 atom stereocenters. The molecule has 58 heavy (non-hydrogen) atoms. The molecule has 0 saturated carbocycles. The summed E-state index contributed by atoms with van der Waals surface area (Å²) < 4.78 is 10.9. The summed E-state index contributed by atoms with van der Waals surface area (Å²) in [4.78, 5) is 51.6. The predicted molar refractivity (Wildman–Crippen MR) is 222 cm³/mol. The van der Waals surface area contributed by atoms with Gasteiger partial charge in [-0.15, -0.1) is 10.2 Å². The SMILES string of the molecule is CCN(CCOC(=O)CCN(C)CCC(=O)OCCN(CC)c1ccc(/N=N/c2ccc([N+](=O)[O-])cc2Cl)cc1)c1ccc(/N=N/c2ccc([N+](=O)[O-])cc2Cl)cc1. The minimum Gasteiger partial charge on any atom is -0.464 e. The molecular formula is C39H43Cl2N9O8. The van der Waals surface area contributed by atoms with Crippen LogP contribution >= 0.6 is 23.2 Å². The second kappa shape index (κ2) is 22.6. The van der Waals surface area contributed by atoms with Crippen molar-refractivity contribution in [1.29, 1.82) is 0 Å². The maximum atomic E-state index is 12.4. The van der Waals surface area contributed by atoms with E-state index in [1.807, 2.05) is 59.9 Å². The molecule has 0 unspecified atom stereocenters. The fourth-order valence-electron chi connectivity index (χ4n) is 5.36. The third-order valence-electron chi connectivity index (χ3n) is 8.67. The Hall–Kier alpha value is -6.04. The topological polar surface area (TPSA) is 198 Å². The lowest BCUT2D eigenvalue weighted by Gasteiger charge is -2.23. The van der Waals surface area contributed by atoms with Crippen molar-refractivity contribution in [2.75, 3.05) is 69.3 Å². The van der Waals surface area contributed by atoms with Gasteiger partial charge < -0.3 is 24.2 Å². The van der Waals surface area contributed by atoms with Crippen molar-refractivity contribution in [3.8, 4) is 0 Å². The number of nitrogens with zero attached hydrogens (tertiary/aromatic N) is 9. The fraction of sp³-hybridized carbons (Fsp3) is 0.333. The Morgan fingerprint density at radius 3 is 1.31 bits per heavy atom. The van der Waals surface area contributed by atoms with Gasteiger partial charge in [0.25, 0.3) is 11.4 Å². The van der Waals surface area contributed by atoms with E-state index in [9.17, 15) is 29.8 Å². The monoisotopic (exact) mass is 835 g/mol. The zero-order chi connectivity index (χ0) is 42.0. The molecule has 0 N–H and O–H groups in total. The molecule has 17 nitrogen and oxygen atoms in total. The van der Waals surface area contributed by atoms with E-state index in [0.717, 1.165) is 11.4 Å². The van der Waals surface area contributed by atoms with Crippen molar-refractivity contribution >= 4 is 80.6 Å². The third kappa shape index (κ3) is 14.2. The summed E-state index contributed by atoms with van der Waals surface area (Å²) in [5, 5.41) is 38.6. The maximum Gasteiger partial charge on any atom is 0.307 e. The lowest BCUT2D eigenvalue weighted by atomic mass is 10.2. The van der Waals surface area contributed by atoms with Crippen molar-refractivity contribution in [2.45, 2.75) is 26.7 Å². The van der Waals surface area contributed by atoms with Crippen LogP contribution in [0.3, 0.4) is 0 Å². The van der Waals surface area contributed by atoms with E-state index in [0.29, 0.717) is 62.0 Å². The van der Waals surface area contributed by atoms with E-state index in [1.165, 1.54) is 36.4 Å². The summed E-state index contributed by atoms with van der Waals surface area (Å²) in [7, 11) is 1.83. The summed E-state index contributed by atoms with van der Waals surface area (Å²) in [6, 6.07) is 22.5. The Labute approximate surface area is 345 Å². The Kier molecular flexibility index (Phi) is 17.4. The highest BCUT2D eigenvalue weighted by atomic mass is 35.5. The number of benzene rings is 4. The molecule has 4 aromatic rings. The van der Waals surface area contributed by atoms with Gasteiger partial charge >= 0.3 is 11.9 Å². The number of carbonyl (C=O) groups excluding carboxylic acids is 2. The highest BCUT2D eigenvalue weighted by molar-refractivity contribution is 6.33. The first-order chi connectivity index (χ1) is 27.9. The molecule has 0 amide bonds. The first kappa shape index (κ1) is 44.7. The molecule has 0 radical (unpaired) electrons. The van der Waals surface area contributed by atoms with E-state index in [1.54, 1.807) is 24.3 Å². The molecule has 0 aliphatic heterocycles. The smallest absolute Gasteiger partial charge is 0.307 e. The molecule has 4 rings (SSSR count). The minimum absolute atomic E-state index is 0.126. The minimum atomic E-state index is -0.534. The second-order valence-electron chi connectivity index (χ2n) is 12.6. The van der Waals surface area contributed by atoms with Crippen LogP contribution in [0, 0.1) is 20.2 Å². The van der Waals surface area contributed by atoms with E-state index in [-0.39, 0.29) is 59.4 Å². The summed E-state index contributed by atoms with van der Waals surface area (Å²) in [5.74, 6) is -0.674. The number of azo groups is 2. The highest BCUT2D eigenvalue weighted by Crippen LogP contribution is 2.32. The molecule has 0 bridgehead atoms. The van der Waals surface area contributed by atoms with Crippen LogP contribution in [0.2, 0.25) is 10.0 Å². The van der Waals surface area contributed by atoms with E-state index < -0.39 is 9.85 Å². The first-order valence-electron chi connectivity index (χ1n) is 18.3. The molecular weight excluding hydrogens is 793 g/mol. The average molecular weight is 837 g/mol. The van der Waals surface area contributed by atoms with Crippen molar-refractivity contribution < 1.29 is 28.9 Å². The van der Waals surface area contributed by atoms with Gasteiger partial charge in [-0.2, -0.15) is 10.2 Å². The van der Waals surface area contributed by atoms with Gasteiger partial charge in [-0.1, -0.05) is 23.2 Å². The number of ether oxygens (including phenoxy) is 2. The van der Waals surface area contributed by atoms with Gasteiger partial charge in [0, 0.05) is 61.8 Å². The highest BCUT2D eigenvalue weighted by Gasteiger charge is 2.13. The number of esters is 2. The van der Waals surface area contributed by atoms with Gasteiger partial charge in [-0.3, -0.25) is 29.8 Å². The molecule has 0 spiro atoms. The van der Waals surface area contributed by atoms with Gasteiger partial charge in [0.2, 0.25) is 0 Å². The number of carbonyl (C=O) groups is 2. The van der Waals surface area contributed by atoms with Crippen LogP contribution in [0.5, 0.6) is 0 Å². The van der Waals surface area contributed by atoms with Gasteiger partial charge in [0.1, 0.15) is 24.6 Å². The molecule has 19 heteroatoms. The molecule has 0 aliphatic carbocycles. The summed E-state index contributed by atoms with van der Waals surface area (Å²) in [6.07, 6.45) is 0.346. The number of halogens is 2. The Morgan fingerprint density at radius 2 is 0.983 bits per heavy atom. The Balaban J connectivity index is 1.10. The number of nitro groups is 2. The normalized spacial score (nSPS) is 11.3. The van der Waals surface area contributed by atoms with Crippen molar-refractivity contribution in [1.82, 2.24) is 4.90 Å². The van der Waals surface area contributed by atoms with Crippen molar-refractivity contribution in [3.05, 3.63) is 115 Å². The van der Waals surface area contributed by atoms with Gasteiger partial charge in [-0.25, -0.2) is 0 Å². The summed E-state index contributed by atoms with van der Waals surface area (Å²) in [5.41, 5.74) is 3.31. The molecule has 0 saturated heterocycles. The average Bonchev–Trinajstić information content (AvgIpc) is 3.22. The van der Waals surface area contributed by atoms with Crippen LogP contribution in [0.25, 0.3) is 0 Å². The molecule has 4 aromatic carbocycles. The zero-order valence-corrected chi connectivity index (χ0v) is 33.7. The Morgan fingerprint density at radius 1 is 0.603 bits per heavy atom. The molecule has 0 aromatic heterocycles.